The molecule has 1 aromatic heterocycles. The van der Waals surface area contributed by atoms with E-state index in [1.807, 2.05) is 0 Å². The molecule has 3 rings (SSSR count). The van der Waals surface area contributed by atoms with Crippen molar-refractivity contribution in [1.82, 2.24) is 9.97 Å². The summed E-state index contributed by atoms with van der Waals surface area (Å²) in [6.07, 6.45) is 3.35. The average molecular weight is 298 g/mol. The predicted molar refractivity (Wildman–Crippen MR) is 89.5 cm³/mol. The summed E-state index contributed by atoms with van der Waals surface area (Å²) in [6, 6.07) is 8.75. The van der Waals surface area contributed by atoms with Crippen molar-refractivity contribution in [2.75, 3.05) is 0 Å². The molecule has 0 amide bonds. The van der Waals surface area contributed by atoms with Gasteiger partial charge in [-0.3, -0.25) is 0 Å². The van der Waals surface area contributed by atoms with Crippen molar-refractivity contribution >= 4 is 12.2 Å². The Labute approximate surface area is 131 Å². The number of benzene rings is 1. The van der Waals surface area contributed by atoms with Crippen LogP contribution in [0.1, 0.15) is 60.3 Å². The lowest BCUT2D eigenvalue weighted by molar-refractivity contribution is 0.550. The molecule has 2 nitrogen and oxygen atoms in total. The molecule has 1 unspecified atom stereocenters. The first-order chi connectivity index (χ1) is 10.1. The van der Waals surface area contributed by atoms with Crippen LogP contribution < -0.4 is 0 Å². The molecule has 0 fully saturated rings. The number of aromatic amines is 1. The number of aromatic nitrogens is 2. The molecule has 1 aliphatic rings. The van der Waals surface area contributed by atoms with E-state index in [9.17, 15) is 0 Å². The Morgan fingerprint density at radius 2 is 1.95 bits per heavy atom. The van der Waals surface area contributed by atoms with Crippen molar-refractivity contribution in [1.29, 1.82) is 0 Å². The van der Waals surface area contributed by atoms with Gasteiger partial charge in [-0.1, -0.05) is 50.3 Å². The highest BCUT2D eigenvalue weighted by Gasteiger charge is 2.22. The van der Waals surface area contributed by atoms with Crippen LogP contribution in [0.25, 0.3) is 0 Å². The van der Waals surface area contributed by atoms with E-state index in [0.717, 1.165) is 29.7 Å². The molecule has 21 heavy (non-hydrogen) atoms. The molecule has 1 atom stereocenters. The van der Waals surface area contributed by atoms with Gasteiger partial charge in [-0.15, -0.1) is 0 Å². The summed E-state index contributed by atoms with van der Waals surface area (Å²) in [5.41, 5.74) is 5.31. The van der Waals surface area contributed by atoms with Gasteiger partial charge in [0.15, 0.2) is 0 Å². The maximum Gasteiger partial charge on any atom is 0.133 e. The minimum absolute atomic E-state index is 0.419. The molecule has 1 N–H and O–H groups in total. The minimum Gasteiger partial charge on any atom is -0.347 e. The van der Waals surface area contributed by atoms with E-state index in [0.29, 0.717) is 11.8 Å². The first-order valence-electron chi connectivity index (χ1n) is 7.73. The normalized spacial score (nSPS) is 17.8. The summed E-state index contributed by atoms with van der Waals surface area (Å²) in [5.74, 6) is 1.94. The lowest BCUT2D eigenvalue weighted by Gasteiger charge is -2.25. The summed E-state index contributed by atoms with van der Waals surface area (Å²) >= 11 is 5.52. The highest BCUT2D eigenvalue weighted by molar-refractivity contribution is 7.71. The minimum atomic E-state index is 0.419. The third-order valence-corrected chi connectivity index (χ3v) is 4.79. The van der Waals surface area contributed by atoms with Gasteiger partial charge >= 0.3 is 0 Å². The molecule has 0 bridgehead atoms. The van der Waals surface area contributed by atoms with Crippen LogP contribution in [0.3, 0.4) is 0 Å². The van der Waals surface area contributed by atoms with Gasteiger partial charge in [-0.05, 0) is 43.2 Å². The van der Waals surface area contributed by atoms with Gasteiger partial charge in [0.25, 0.3) is 0 Å². The molecule has 1 heterocycles. The summed E-state index contributed by atoms with van der Waals surface area (Å²) in [4.78, 5) is 8.23. The Morgan fingerprint density at radius 3 is 2.62 bits per heavy atom. The van der Waals surface area contributed by atoms with Gasteiger partial charge in [0.1, 0.15) is 10.5 Å². The highest BCUT2D eigenvalue weighted by atomic mass is 32.1. The number of hydrogen-bond acceptors (Lipinski definition) is 2. The second-order valence-corrected chi connectivity index (χ2v) is 6.72. The highest BCUT2D eigenvalue weighted by Crippen LogP contribution is 2.31. The largest absolute Gasteiger partial charge is 0.347 e. The van der Waals surface area contributed by atoms with Crippen LogP contribution >= 0.6 is 12.2 Å². The molecular weight excluding hydrogens is 276 g/mol. The zero-order valence-electron chi connectivity index (χ0n) is 12.9. The van der Waals surface area contributed by atoms with Gasteiger partial charge in [0.05, 0.1) is 0 Å². The van der Waals surface area contributed by atoms with Gasteiger partial charge in [0, 0.05) is 17.2 Å². The molecule has 0 aliphatic heterocycles. The Kier molecular flexibility index (Phi) is 3.94. The van der Waals surface area contributed by atoms with Crippen LogP contribution in [-0.2, 0) is 12.8 Å². The van der Waals surface area contributed by atoms with Crippen LogP contribution in [0.5, 0.6) is 0 Å². The molecule has 3 heteroatoms. The molecule has 0 radical (unpaired) electrons. The summed E-state index contributed by atoms with van der Waals surface area (Å²) in [5, 5.41) is 0. The van der Waals surface area contributed by atoms with Crippen molar-refractivity contribution in [3.05, 3.63) is 57.1 Å². The molecular formula is C18H22N2S. The first-order valence-corrected chi connectivity index (χ1v) is 8.14. The van der Waals surface area contributed by atoms with E-state index in [2.05, 4.69) is 50.0 Å². The van der Waals surface area contributed by atoms with Crippen molar-refractivity contribution in [3.63, 3.8) is 0 Å². The van der Waals surface area contributed by atoms with Crippen molar-refractivity contribution in [2.24, 2.45) is 0 Å². The number of H-pyrrole nitrogens is 1. The Balaban J connectivity index is 1.94. The Morgan fingerprint density at radius 1 is 1.24 bits per heavy atom. The fraction of sp³-hybridized carbons (Fsp3) is 0.444. The van der Waals surface area contributed by atoms with Crippen LogP contribution in [-0.4, -0.2) is 9.97 Å². The summed E-state index contributed by atoms with van der Waals surface area (Å²) in [7, 11) is 0. The van der Waals surface area contributed by atoms with E-state index in [-0.39, 0.29) is 0 Å². The van der Waals surface area contributed by atoms with Gasteiger partial charge in [0.2, 0.25) is 0 Å². The van der Waals surface area contributed by atoms with Crippen LogP contribution in [0.4, 0.5) is 0 Å². The lowest BCUT2D eigenvalue weighted by Crippen LogP contribution is -2.16. The Bertz CT molecular complexity index is 715. The third-order valence-electron chi connectivity index (χ3n) is 4.48. The smallest absolute Gasteiger partial charge is 0.133 e. The maximum atomic E-state index is 5.52. The second-order valence-electron chi connectivity index (χ2n) is 6.33. The number of hydrogen-bond donors (Lipinski definition) is 1. The fourth-order valence-corrected chi connectivity index (χ4v) is 3.91. The van der Waals surface area contributed by atoms with Crippen LogP contribution in [0.15, 0.2) is 24.3 Å². The molecule has 0 spiro atoms. The molecule has 1 aliphatic carbocycles. The van der Waals surface area contributed by atoms with Crippen molar-refractivity contribution in [3.8, 4) is 0 Å². The van der Waals surface area contributed by atoms with E-state index in [4.69, 9.17) is 17.2 Å². The van der Waals surface area contributed by atoms with Crippen LogP contribution in [0.2, 0.25) is 0 Å². The topological polar surface area (TPSA) is 28.7 Å². The lowest BCUT2D eigenvalue weighted by atomic mass is 9.83. The standard InChI is InChI=1S/C18H22N2S/c1-11(2)16-12(3)19-17(20-18(16)21)15-9-8-13-6-4-5-7-14(13)10-15/h4-7,11,15H,8-10H2,1-3H3,(H,19,20,21). The fourth-order valence-electron chi connectivity index (χ4n) is 3.42. The van der Waals surface area contributed by atoms with Crippen molar-refractivity contribution in [2.45, 2.75) is 51.9 Å². The van der Waals surface area contributed by atoms with E-state index in [1.165, 1.54) is 22.4 Å². The number of aryl methyl sites for hydroxylation is 2. The molecule has 1 aromatic carbocycles. The zero-order valence-corrected chi connectivity index (χ0v) is 13.8. The number of nitrogens with one attached hydrogen (secondary N) is 1. The SMILES string of the molecule is Cc1[nH]c(C2CCc3ccccc3C2)nc(=S)c1C(C)C. The molecule has 0 saturated heterocycles. The number of nitrogens with zero attached hydrogens (tertiary/aromatic N) is 1. The predicted octanol–water partition coefficient (Wildman–Crippen LogP) is 4.84. The monoisotopic (exact) mass is 298 g/mol. The van der Waals surface area contributed by atoms with E-state index < -0.39 is 0 Å². The first kappa shape index (κ1) is 14.5. The van der Waals surface area contributed by atoms with E-state index in [1.54, 1.807) is 0 Å². The number of rotatable bonds is 2. The average Bonchev–Trinajstić information content (AvgIpc) is 2.45. The van der Waals surface area contributed by atoms with Crippen molar-refractivity contribution < 1.29 is 0 Å². The van der Waals surface area contributed by atoms with Gasteiger partial charge < -0.3 is 4.98 Å². The summed E-state index contributed by atoms with van der Waals surface area (Å²) in [6.45, 7) is 6.46. The molecule has 110 valence electrons. The third kappa shape index (κ3) is 2.80. The molecule has 0 saturated carbocycles. The van der Waals surface area contributed by atoms with Crippen LogP contribution in [0, 0.1) is 11.6 Å². The quantitative estimate of drug-likeness (QED) is 0.803. The second kappa shape index (κ2) is 5.72. The Hall–Kier alpha value is -1.48. The molecule has 2 aromatic rings. The zero-order chi connectivity index (χ0) is 15.0. The number of fused-ring (bicyclic) bond motifs is 1. The maximum absolute atomic E-state index is 5.52. The van der Waals surface area contributed by atoms with E-state index >= 15 is 0 Å². The summed E-state index contributed by atoms with van der Waals surface area (Å²) < 4.78 is 0.773. The van der Waals surface area contributed by atoms with Gasteiger partial charge in [-0.25, -0.2) is 4.98 Å². The van der Waals surface area contributed by atoms with Gasteiger partial charge in [-0.2, -0.15) is 0 Å².